The van der Waals surface area contributed by atoms with Crippen LogP contribution in [0.3, 0.4) is 0 Å². The van der Waals surface area contributed by atoms with Crippen LogP contribution in [0, 0.1) is 5.82 Å². The molecule has 0 saturated carbocycles. The third-order valence-electron chi connectivity index (χ3n) is 2.97. The van der Waals surface area contributed by atoms with Gasteiger partial charge in [0.05, 0.1) is 12.7 Å². The second-order valence-electron chi connectivity index (χ2n) is 4.46. The average Bonchev–Trinajstić information content (AvgIpc) is 2.47. The lowest BCUT2D eigenvalue weighted by atomic mass is 10.1. The van der Waals surface area contributed by atoms with Gasteiger partial charge >= 0.3 is 6.18 Å². The molecule has 0 fully saturated rings. The Morgan fingerprint density at radius 2 is 1.73 bits per heavy atom. The fourth-order valence-electron chi connectivity index (χ4n) is 1.94. The van der Waals surface area contributed by atoms with Crippen molar-refractivity contribution in [2.45, 2.75) is 12.7 Å². The van der Waals surface area contributed by atoms with Crippen LogP contribution in [-0.4, -0.2) is 7.11 Å². The number of halogens is 4. The largest absolute Gasteiger partial charge is 0.493 e. The maximum atomic E-state index is 13.9. The molecule has 7 heteroatoms. The number of hydrazine groups is 1. The summed E-state index contributed by atoms with van der Waals surface area (Å²) in [6.07, 6.45) is -4.76. The Morgan fingerprint density at radius 1 is 1.05 bits per heavy atom. The van der Waals surface area contributed by atoms with Crippen LogP contribution in [0.15, 0.2) is 42.5 Å². The summed E-state index contributed by atoms with van der Waals surface area (Å²) in [5.74, 6) is -1.83. The molecule has 0 aliphatic carbocycles. The Kier molecular flexibility index (Phi) is 4.87. The summed E-state index contributed by atoms with van der Waals surface area (Å²) in [5.41, 5.74) is 5.36. The number of anilines is 1. The number of para-hydroxylation sites is 1. The van der Waals surface area contributed by atoms with Gasteiger partial charge in [-0.2, -0.15) is 13.2 Å². The van der Waals surface area contributed by atoms with Crippen molar-refractivity contribution in [2.75, 3.05) is 12.5 Å². The van der Waals surface area contributed by atoms with E-state index >= 15 is 0 Å². The standard InChI is InChI=1S/C15H14F4N2O/c1-22-14-10(7-8-12(13(14)16)15(17,18)19)9-20-21-11-5-3-2-4-6-11/h2-8,20-21H,9H2,1H3. The van der Waals surface area contributed by atoms with E-state index in [4.69, 9.17) is 4.74 Å². The van der Waals surface area contributed by atoms with Gasteiger partial charge in [-0.15, -0.1) is 0 Å². The topological polar surface area (TPSA) is 33.3 Å². The molecule has 0 aliphatic heterocycles. The molecule has 22 heavy (non-hydrogen) atoms. The molecule has 3 nitrogen and oxygen atoms in total. The molecule has 0 aliphatic rings. The van der Waals surface area contributed by atoms with Gasteiger partial charge in [-0.05, 0) is 18.2 Å². The smallest absolute Gasteiger partial charge is 0.419 e. The Labute approximate surface area is 124 Å². The molecule has 0 radical (unpaired) electrons. The number of rotatable bonds is 5. The maximum Gasteiger partial charge on any atom is 0.419 e. The van der Waals surface area contributed by atoms with Crippen molar-refractivity contribution in [1.82, 2.24) is 5.43 Å². The van der Waals surface area contributed by atoms with Gasteiger partial charge < -0.3 is 10.2 Å². The number of hydrogen-bond acceptors (Lipinski definition) is 3. The summed E-state index contributed by atoms with van der Waals surface area (Å²) >= 11 is 0. The minimum Gasteiger partial charge on any atom is -0.493 e. The second-order valence-corrected chi connectivity index (χ2v) is 4.46. The number of benzene rings is 2. The average molecular weight is 314 g/mol. The maximum absolute atomic E-state index is 13.9. The van der Waals surface area contributed by atoms with E-state index in [1.54, 1.807) is 12.1 Å². The third kappa shape index (κ3) is 3.67. The van der Waals surface area contributed by atoms with Gasteiger partial charge in [0.1, 0.15) is 0 Å². The summed E-state index contributed by atoms with van der Waals surface area (Å²) in [5, 5.41) is 0. The van der Waals surface area contributed by atoms with Crippen LogP contribution < -0.4 is 15.6 Å². The molecule has 0 aromatic heterocycles. The van der Waals surface area contributed by atoms with Crippen molar-refractivity contribution >= 4 is 5.69 Å². The van der Waals surface area contributed by atoms with Gasteiger partial charge in [-0.1, -0.05) is 24.3 Å². The number of methoxy groups -OCH3 is 1. The van der Waals surface area contributed by atoms with E-state index in [9.17, 15) is 17.6 Å². The van der Waals surface area contributed by atoms with Crippen molar-refractivity contribution in [2.24, 2.45) is 0 Å². The highest BCUT2D eigenvalue weighted by atomic mass is 19.4. The van der Waals surface area contributed by atoms with Crippen molar-refractivity contribution < 1.29 is 22.3 Å². The zero-order valence-corrected chi connectivity index (χ0v) is 11.7. The molecule has 0 heterocycles. The summed E-state index contributed by atoms with van der Waals surface area (Å²) in [4.78, 5) is 0. The molecule has 2 aromatic carbocycles. The summed E-state index contributed by atoms with van der Waals surface area (Å²) in [6, 6.07) is 11.0. The van der Waals surface area contributed by atoms with Gasteiger partial charge in [0.2, 0.25) is 0 Å². The molecule has 0 bridgehead atoms. The van der Waals surface area contributed by atoms with Crippen LogP contribution in [0.25, 0.3) is 0 Å². The predicted octanol–water partition coefficient (Wildman–Crippen LogP) is 3.97. The lowest BCUT2D eigenvalue weighted by molar-refractivity contribution is -0.140. The summed E-state index contributed by atoms with van der Waals surface area (Å²) in [6.45, 7) is 0.0904. The van der Waals surface area contributed by atoms with E-state index in [1.165, 1.54) is 6.07 Å². The molecule has 2 aromatic rings. The molecule has 118 valence electrons. The van der Waals surface area contributed by atoms with Crippen LogP contribution in [0.1, 0.15) is 11.1 Å². The monoisotopic (exact) mass is 314 g/mol. The van der Waals surface area contributed by atoms with Crippen LogP contribution in [0.2, 0.25) is 0 Å². The number of hydrogen-bond donors (Lipinski definition) is 2. The zero-order valence-electron chi connectivity index (χ0n) is 11.7. The van der Waals surface area contributed by atoms with E-state index in [0.29, 0.717) is 6.07 Å². The first-order valence-electron chi connectivity index (χ1n) is 6.40. The fraction of sp³-hybridized carbons (Fsp3) is 0.200. The first-order chi connectivity index (χ1) is 10.4. The molecule has 0 amide bonds. The highest BCUT2D eigenvalue weighted by molar-refractivity contribution is 5.43. The van der Waals surface area contributed by atoms with Gasteiger partial charge in [-0.25, -0.2) is 9.82 Å². The normalized spacial score (nSPS) is 11.3. The van der Waals surface area contributed by atoms with Crippen LogP contribution in [0.5, 0.6) is 5.75 Å². The molecular weight excluding hydrogens is 300 g/mol. The number of nitrogens with one attached hydrogen (secondary N) is 2. The summed E-state index contributed by atoms with van der Waals surface area (Å²) in [7, 11) is 1.13. The lowest BCUT2D eigenvalue weighted by Crippen LogP contribution is -2.21. The molecule has 2 rings (SSSR count). The number of alkyl halides is 3. The molecule has 0 atom stereocenters. The molecule has 0 unspecified atom stereocenters. The predicted molar refractivity (Wildman–Crippen MR) is 74.9 cm³/mol. The first-order valence-corrected chi connectivity index (χ1v) is 6.40. The van der Waals surface area contributed by atoms with Crippen LogP contribution >= 0.6 is 0 Å². The zero-order chi connectivity index (χ0) is 16.2. The van der Waals surface area contributed by atoms with E-state index in [-0.39, 0.29) is 12.1 Å². The third-order valence-corrected chi connectivity index (χ3v) is 2.97. The Balaban J connectivity index is 2.13. The lowest BCUT2D eigenvalue weighted by Gasteiger charge is -2.15. The highest BCUT2D eigenvalue weighted by Crippen LogP contribution is 2.36. The quantitative estimate of drug-likeness (QED) is 0.647. The second kappa shape index (κ2) is 6.65. The van der Waals surface area contributed by atoms with E-state index in [1.807, 2.05) is 18.2 Å². The molecule has 0 saturated heterocycles. The van der Waals surface area contributed by atoms with Gasteiger partial charge in [0.25, 0.3) is 0 Å². The molecule has 2 N–H and O–H groups in total. The Morgan fingerprint density at radius 3 is 2.32 bits per heavy atom. The van der Waals surface area contributed by atoms with E-state index < -0.39 is 23.3 Å². The SMILES string of the molecule is COc1c(CNNc2ccccc2)ccc(C(F)(F)F)c1F. The summed E-state index contributed by atoms with van der Waals surface area (Å²) < 4.78 is 56.6. The Bertz CT molecular complexity index is 629. The minimum absolute atomic E-state index is 0.0904. The van der Waals surface area contributed by atoms with Crippen molar-refractivity contribution in [3.8, 4) is 5.75 Å². The molecular formula is C15H14F4N2O. The minimum atomic E-state index is -4.76. The van der Waals surface area contributed by atoms with Crippen LogP contribution in [0.4, 0.5) is 23.2 Å². The Hall–Kier alpha value is -2.28. The molecule has 0 spiro atoms. The van der Waals surface area contributed by atoms with Gasteiger partial charge in [0, 0.05) is 17.8 Å². The van der Waals surface area contributed by atoms with Crippen LogP contribution in [-0.2, 0) is 12.7 Å². The highest BCUT2D eigenvalue weighted by Gasteiger charge is 2.36. The van der Waals surface area contributed by atoms with E-state index in [0.717, 1.165) is 12.8 Å². The fourth-order valence-corrected chi connectivity index (χ4v) is 1.94. The van der Waals surface area contributed by atoms with Crippen molar-refractivity contribution in [3.63, 3.8) is 0 Å². The van der Waals surface area contributed by atoms with Crippen molar-refractivity contribution in [3.05, 3.63) is 59.4 Å². The van der Waals surface area contributed by atoms with Gasteiger partial charge in [-0.3, -0.25) is 0 Å². The van der Waals surface area contributed by atoms with Gasteiger partial charge in [0.15, 0.2) is 11.6 Å². The number of ether oxygens (including phenoxy) is 1. The first kappa shape index (κ1) is 16.1. The van der Waals surface area contributed by atoms with E-state index in [2.05, 4.69) is 10.9 Å². The van der Waals surface area contributed by atoms with Crippen molar-refractivity contribution in [1.29, 1.82) is 0 Å².